The van der Waals surface area contributed by atoms with Crippen LogP contribution in [0.1, 0.15) is 18.3 Å². The summed E-state index contributed by atoms with van der Waals surface area (Å²) in [6.45, 7) is 4.21. The first-order valence-electron chi connectivity index (χ1n) is 5.51. The molecule has 0 spiro atoms. The molecule has 5 nitrogen and oxygen atoms in total. The average Bonchev–Trinajstić information content (AvgIpc) is 2.27. The van der Waals surface area contributed by atoms with E-state index in [2.05, 4.69) is 15.0 Å². The molecular formula is C11H19N3O2S. The summed E-state index contributed by atoms with van der Waals surface area (Å²) in [6, 6.07) is 5.54. The quantitative estimate of drug-likeness (QED) is 0.774. The molecule has 0 aliphatic carbocycles. The van der Waals surface area contributed by atoms with Gasteiger partial charge in [0.05, 0.1) is 17.5 Å². The van der Waals surface area contributed by atoms with Crippen molar-refractivity contribution >= 4 is 10.0 Å². The minimum Gasteiger partial charge on any atom is -0.318 e. The van der Waals surface area contributed by atoms with Crippen molar-refractivity contribution in [2.24, 2.45) is 0 Å². The number of aromatic nitrogens is 1. The van der Waals surface area contributed by atoms with Crippen LogP contribution < -0.4 is 10.0 Å². The molecular weight excluding hydrogens is 238 g/mol. The van der Waals surface area contributed by atoms with Crippen molar-refractivity contribution in [3.05, 3.63) is 29.6 Å². The predicted octanol–water partition coefficient (Wildman–Crippen LogP) is 0.417. The molecule has 2 N–H and O–H groups in total. The highest BCUT2D eigenvalue weighted by Gasteiger charge is 2.19. The Morgan fingerprint density at radius 3 is 2.71 bits per heavy atom. The minimum absolute atomic E-state index is 0.234. The maximum absolute atomic E-state index is 11.8. The normalized spacial score (nSPS) is 13.6. The van der Waals surface area contributed by atoms with Gasteiger partial charge in [0.2, 0.25) is 10.0 Å². The molecule has 0 bridgehead atoms. The molecule has 0 aromatic carbocycles. The third kappa shape index (κ3) is 4.41. The molecule has 0 saturated carbocycles. The van der Waals surface area contributed by atoms with Crippen molar-refractivity contribution in [1.29, 1.82) is 0 Å². The Morgan fingerprint density at radius 1 is 1.41 bits per heavy atom. The fourth-order valence-electron chi connectivity index (χ4n) is 1.41. The second kappa shape index (κ2) is 6.09. The summed E-state index contributed by atoms with van der Waals surface area (Å²) in [4.78, 5) is 4.24. The molecule has 1 unspecified atom stereocenters. The van der Waals surface area contributed by atoms with E-state index in [1.165, 1.54) is 0 Å². The molecule has 6 heteroatoms. The monoisotopic (exact) mass is 257 g/mol. The van der Waals surface area contributed by atoms with Gasteiger partial charge >= 0.3 is 0 Å². The molecule has 1 atom stereocenters. The van der Waals surface area contributed by atoms with E-state index in [1.54, 1.807) is 20.0 Å². The molecule has 1 aromatic rings. The molecule has 17 heavy (non-hydrogen) atoms. The van der Waals surface area contributed by atoms with E-state index in [0.717, 1.165) is 11.4 Å². The van der Waals surface area contributed by atoms with Crippen molar-refractivity contribution in [3.63, 3.8) is 0 Å². The third-order valence-electron chi connectivity index (χ3n) is 2.42. The molecule has 0 aliphatic heterocycles. The molecule has 96 valence electrons. The van der Waals surface area contributed by atoms with Gasteiger partial charge in [-0.1, -0.05) is 6.07 Å². The summed E-state index contributed by atoms with van der Waals surface area (Å²) in [5, 5.41) is 2.39. The number of nitrogens with one attached hydrogen (secondary N) is 2. The molecule has 0 radical (unpaired) electrons. The number of pyridine rings is 1. The molecule has 0 amide bonds. The van der Waals surface area contributed by atoms with Gasteiger partial charge in [-0.25, -0.2) is 13.1 Å². The van der Waals surface area contributed by atoms with E-state index >= 15 is 0 Å². The van der Waals surface area contributed by atoms with Gasteiger partial charge in [0.1, 0.15) is 0 Å². The van der Waals surface area contributed by atoms with Crippen LogP contribution >= 0.6 is 0 Å². The summed E-state index contributed by atoms with van der Waals surface area (Å²) < 4.78 is 26.2. The Bertz CT molecular complexity index is 460. The standard InChI is InChI=1S/C11H19N3O2S/c1-9-5-4-6-11(14-9)8-13-17(15,16)10(2)7-12-3/h4-6,10,12-13H,7-8H2,1-3H3. The minimum atomic E-state index is -3.29. The zero-order valence-corrected chi connectivity index (χ0v) is 11.2. The first kappa shape index (κ1) is 14.1. The zero-order chi connectivity index (χ0) is 12.9. The Labute approximate surface area is 103 Å². The van der Waals surface area contributed by atoms with Gasteiger partial charge in [0.25, 0.3) is 0 Å². The number of rotatable bonds is 6. The second-order valence-corrected chi connectivity index (χ2v) is 6.19. The van der Waals surface area contributed by atoms with Crippen molar-refractivity contribution in [1.82, 2.24) is 15.0 Å². The maximum atomic E-state index is 11.8. The molecule has 0 aliphatic rings. The van der Waals surface area contributed by atoms with Gasteiger partial charge in [-0.05, 0) is 33.0 Å². The van der Waals surface area contributed by atoms with E-state index in [1.807, 2.05) is 19.1 Å². The van der Waals surface area contributed by atoms with Gasteiger partial charge in [0.15, 0.2) is 0 Å². The van der Waals surface area contributed by atoms with Crippen LogP contribution in [0.25, 0.3) is 0 Å². The summed E-state index contributed by atoms with van der Waals surface area (Å²) in [5.41, 5.74) is 1.61. The van der Waals surface area contributed by atoms with E-state index in [0.29, 0.717) is 6.54 Å². The zero-order valence-electron chi connectivity index (χ0n) is 10.4. The highest BCUT2D eigenvalue weighted by Crippen LogP contribution is 2.01. The van der Waals surface area contributed by atoms with Gasteiger partial charge in [-0.2, -0.15) is 0 Å². The highest BCUT2D eigenvalue weighted by atomic mass is 32.2. The highest BCUT2D eigenvalue weighted by molar-refractivity contribution is 7.90. The lowest BCUT2D eigenvalue weighted by Gasteiger charge is -2.13. The number of hydrogen-bond acceptors (Lipinski definition) is 4. The SMILES string of the molecule is CNCC(C)S(=O)(=O)NCc1cccc(C)n1. The first-order valence-corrected chi connectivity index (χ1v) is 7.06. The van der Waals surface area contributed by atoms with Crippen molar-refractivity contribution < 1.29 is 8.42 Å². The lowest BCUT2D eigenvalue weighted by molar-refractivity contribution is 0.562. The van der Waals surface area contributed by atoms with Gasteiger partial charge in [-0.3, -0.25) is 4.98 Å². The Morgan fingerprint density at radius 2 is 2.12 bits per heavy atom. The number of nitrogens with zero attached hydrogens (tertiary/aromatic N) is 1. The van der Waals surface area contributed by atoms with E-state index in [-0.39, 0.29) is 6.54 Å². The van der Waals surface area contributed by atoms with E-state index in [9.17, 15) is 8.42 Å². The fraction of sp³-hybridized carbons (Fsp3) is 0.545. The third-order valence-corrected chi connectivity index (χ3v) is 4.19. The van der Waals surface area contributed by atoms with Gasteiger partial charge < -0.3 is 5.32 Å². The smallest absolute Gasteiger partial charge is 0.215 e. The summed E-state index contributed by atoms with van der Waals surface area (Å²) in [7, 11) is -1.56. The predicted molar refractivity (Wildman–Crippen MR) is 68.1 cm³/mol. The molecule has 1 rings (SSSR count). The number of sulfonamides is 1. The van der Waals surface area contributed by atoms with E-state index < -0.39 is 15.3 Å². The van der Waals surface area contributed by atoms with Crippen molar-refractivity contribution in [2.75, 3.05) is 13.6 Å². The van der Waals surface area contributed by atoms with Crippen LogP contribution in [0.3, 0.4) is 0 Å². The first-order chi connectivity index (χ1) is 7.95. The van der Waals surface area contributed by atoms with Gasteiger partial charge in [-0.15, -0.1) is 0 Å². The second-order valence-electron chi connectivity index (χ2n) is 4.00. The fourth-order valence-corrected chi connectivity index (χ4v) is 2.43. The Hall–Kier alpha value is -0.980. The van der Waals surface area contributed by atoms with Crippen LogP contribution in [-0.2, 0) is 16.6 Å². The van der Waals surface area contributed by atoms with Crippen LogP contribution in [0.15, 0.2) is 18.2 Å². The van der Waals surface area contributed by atoms with Crippen LogP contribution in [0.4, 0.5) is 0 Å². The lowest BCUT2D eigenvalue weighted by Crippen LogP contribution is -2.37. The topological polar surface area (TPSA) is 71.1 Å². The summed E-state index contributed by atoms with van der Waals surface area (Å²) in [6.07, 6.45) is 0. The molecule has 0 fully saturated rings. The summed E-state index contributed by atoms with van der Waals surface area (Å²) >= 11 is 0. The molecule has 1 heterocycles. The number of aryl methyl sites for hydroxylation is 1. The Kier molecular flexibility index (Phi) is 5.04. The van der Waals surface area contributed by atoms with Gasteiger partial charge in [0, 0.05) is 12.2 Å². The average molecular weight is 257 g/mol. The van der Waals surface area contributed by atoms with Crippen molar-refractivity contribution in [2.45, 2.75) is 25.6 Å². The maximum Gasteiger partial charge on any atom is 0.215 e. The molecule has 1 aromatic heterocycles. The van der Waals surface area contributed by atoms with Crippen LogP contribution in [0.2, 0.25) is 0 Å². The van der Waals surface area contributed by atoms with Crippen LogP contribution in [0.5, 0.6) is 0 Å². The molecule has 0 saturated heterocycles. The number of hydrogen-bond donors (Lipinski definition) is 2. The van der Waals surface area contributed by atoms with E-state index in [4.69, 9.17) is 0 Å². The van der Waals surface area contributed by atoms with Crippen LogP contribution in [-0.4, -0.2) is 32.2 Å². The largest absolute Gasteiger partial charge is 0.318 e. The Balaban J connectivity index is 2.61. The summed E-state index contributed by atoms with van der Waals surface area (Å²) in [5.74, 6) is 0. The van der Waals surface area contributed by atoms with Crippen LogP contribution in [0, 0.1) is 6.92 Å². The lowest BCUT2D eigenvalue weighted by atomic mass is 10.3. The van der Waals surface area contributed by atoms with Crippen molar-refractivity contribution in [3.8, 4) is 0 Å².